The van der Waals surface area contributed by atoms with Crippen molar-refractivity contribution < 1.29 is 9.53 Å². The number of benzene rings is 1. The fourth-order valence-electron chi connectivity index (χ4n) is 5.92. The molecule has 2 fully saturated rings. The maximum Gasteiger partial charge on any atom is 0.228 e. The summed E-state index contributed by atoms with van der Waals surface area (Å²) in [5.41, 5.74) is 2.17. The molecule has 0 unspecified atom stereocenters. The van der Waals surface area contributed by atoms with Crippen LogP contribution in [0.25, 0.3) is 0 Å². The Bertz CT molecular complexity index is 989. The summed E-state index contributed by atoms with van der Waals surface area (Å²) in [6.45, 7) is 8.54. The van der Waals surface area contributed by atoms with Gasteiger partial charge in [-0.2, -0.15) is 5.10 Å². The number of rotatable bonds is 8. The number of hydrogen-bond donors (Lipinski definition) is 1. The van der Waals surface area contributed by atoms with Crippen molar-refractivity contribution in [3.05, 3.63) is 54.2 Å². The maximum atomic E-state index is 12.4. The van der Waals surface area contributed by atoms with Gasteiger partial charge in [-0.1, -0.05) is 43.7 Å². The van der Waals surface area contributed by atoms with Crippen LogP contribution in [0.3, 0.4) is 0 Å². The molecule has 6 rings (SSSR count). The Hall–Kier alpha value is -2.60. The molecule has 0 spiro atoms. The third kappa shape index (κ3) is 4.72. The predicted octanol–water partition coefficient (Wildman–Crippen LogP) is 4.92. The van der Waals surface area contributed by atoms with Crippen molar-refractivity contribution in [2.24, 2.45) is 17.3 Å². The summed E-state index contributed by atoms with van der Waals surface area (Å²) >= 11 is 0. The Morgan fingerprint density at radius 1 is 1.18 bits per heavy atom. The Morgan fingerprint density at radius 2 is 1.97 bits per heavy atom. The first kappa shape index (κ1) is 22.2. The van der Waals surface area contributed by atoms with Gasteiger partial charge in [-0.25, -0.2) is 4.68 Å². The Balaban J connectivity index is 1.09. The molecular formula is C27H36N4O2. The molecule has 2 heterocycles. The summed E-state index contributed by atoms with van der Waals surface area (Å²) in [5, 5.41) is 7.57. The van der Waals surface area contributed by atoms with Gasteiger partial charge in [0.05, 0.1) is 25.3 Å². The molecule has 1 aliphatic heterocycles. The van der Waals surface area contributed by atoms with Gasteiger partial charge in [0.2, 0.25) is 5.91 Å². The number of allylic oxidation sites excluding steroid dienone is 1. The summed E-state index contributed by atoms with van der Waals surface area (Å²) in [7, 11) is 0. The highest BCUT2D eigenvalue weighted by Gasteiger charge is 2.51. The molecule has 33 heavy (non-hydrogen) atoms. The normalized spacial score (nSPS) is 24.6. The highest BCUT2D eigenvalue weighted by molar-refractivity contribution is 5.89. The smallest absolute Gasteiger partial charge is 0.228 e. The van der Waals surface area contributed by atoms with Crippen LogP contribution in [0.5, 0.6) is 5.75 Å². The van der Waals surface area contributed by atoms with Gasteiger partial charge in [-0.3, -0.25) is 9.69 Å². The van der Waals surface area contributed by atoms with Gasteiger partial charge in [0.25, 0.3) is 0 Å². The number of ether oxygens (including phenoxy) is 1. The Kier molecular flexibility index (Phi) is 6.28. The summed E-state index contributed by atoms with van der Waals surface area (Å²) in [6, 6.07) is 11.8. The van der Waals surface area contributed by atoms with E-state index in [9.17, 15) is 4.79 Å². The lowest BCUT2D eigenvalue weighted by Gasteiger charge is -2.57. The van der Waals surface area contributed by atoms with Gasteiger partial charge in [0, 0.05) is 25.7 Å². The van der Waals surface area contributed by atoms with E-state index in [0.717, 1.165) is 55.9 Å². The highest BCUT2D eigenvalue weighted by atomic mass is 16.5. The van der Waals surface area contributed by atoms with Crippen molar-refractivity contribution in [2.45, 2.75) is 52.0 Å². The van der Waals surface area contributed by atoms with Crippen LogP contribution in [-0.4, -0.2) is 46.8 Å². The van der Waals surface area contributed by atoms with Crippen LogP contribution in [0, 0.1) is 17.3 Å². The fraction of sp³-hybridized carbons (Fsp3) is 0.556. The summed E-state index contributed by atoms with van der Waals surface area (Å²) in [4.78, 5) is 15.1. The molecule has 1 saturated carbocycles. The number of para-hydroxylation sites is 1. The lowest BCUT2D eigenvalue weighted by atomic mass is 9.49. The number of piperidine rings is 1. The van der Waals surface area contributed by atoms with E-state index < -0.39 is 0 Å². The third-order valence-electron chi connectivity index (χ3n) is 8.17. The van der Waals surface area contributed by atoms with Crippen molar-refractivity contribution in [3.63, 3.8) is 0 Å². The van der Waals surface area contributed by atoms with E-state index in [1.165, 1.54) is 12.8 Å². The molecule has 2 atom stereocenters. The van der Waals surface area contributed by atoms with Crippen LogP contribution in [0.1, 0.15) is 52.0 Å². The van der Waals surface area contributed by atoms with E-state index in [1.807, 2.05) is 41.1 Å². The molecule has 1 aromatic carbocycles. The molecular weight excluding hydrogens is 412 g/mol. The third-order valence-corrected chi connectivity index (χ3v) is 8.17. The number of aromatic nitrogens is 2. The van der Waals surface area contributed by atoms with Gasteiger partial charge in [-0.15, -0.1) is 0 Å². The SMILES string of the molecule is CC1(C)[C@H]2CC=C(CN3CCC(n4nccc4NC(=O)CCOc4ccccc4)CC3)[C@@H]1C2. The Labute approximate surface area is 197 Å². The molecule has 1 saturated heterocycles. The van der Waals surface area contributed by atoms with Crippen molar-refractivity contribution in [2.75, 3.05) is 31.6 Å². The number of anilines is 1. The average Bonchev–Trinajstić information content (AvgIpc) is 3.28. The van der Waals surface area contributed by atoms with E-state index in [0.29, 0.717) is 24.5 Å². The lowest BCUT2D eigenvalue weighted by molar-refractivity contribution is -0.116. The quantitative estimate of drug-likeness (QED) is 0.583. The monoisotopic (exact) mass is 448 g/mol. The minimum Gasteiger partial charge on any atom is -0.493 e. The second-order valence-electron chi connectivity index (χ2n) is 10.4. The zero-order chi connectivity index (χ0) is 22.8. The van der Waals surface area contributed by atoms with E-state index in [1.54, 1.807) is 11.8 Å². The van der Waals surface area contributed by atoms with E-state index in [4.69, 9.17) is 4.74 Å². The second kappa shape index (κ2) is 9.34. The van der Waals surface area contributed by atoms with Gasteiger partial charge in [0.1, 0.15) is 11.6 Å². The molecule has 6 heteroatoms. The fourth-order valence-corrected chi connectivity index (χ4v) is 5.92. The molecule has 6 nitrogen and oxygen atoms in total. The topological polar surface area (TPSA) is 59.4 Å². The lowest BCUT2D eigenvalue weighted by Crippen LogP contribution is -2.50. The van der Waals surface area contributed by atoms with Crippen LogP contribution in [0.4, 0.5) is 5.82 Å². The van der Waals surface area contributed by atoms with Crippen LogP contribution in [-0.2, 0) is 4.79 Å². The number of fused-ring (bicyclic) bond motifs is 1. The molecule has 2 bridgehead atoms. The zero-order valence-corrected chi connectivity index (χ0v) is 19.9. The Morgan fingerprint density at radius 3 is 2.70 bits per heavy atom. The largest absolute Gasteiger partial charge is 0.493 e. The number of carbonyl (C=O) groups is 1. The predicted molar refractivity (Wildman–Crippen MR) is 130 cm³/mol. The number of carbonyl (C=O) groups excluding carboxylic acids is 1. The first-order chi connectivity index (χ1) is 16.0. The van der Waals surface area contributed by atoms with Crippen LogP contribution in [0.2, 0.25) is 0 Å². The van der Waals surface area contributed by atoms with Gasteiger partial charge < -0.3 is 10.1 Å². The van der Waals surface area contributed by atoms with Crippen molar-refractivity contribution in [1.82, 2.24) is 14.7 Å². The van der Waals surface area contributed by atoms with E-state index >= 15 is 0 Å². The molecule has 1 aromatic heterocycles. The van der Waals surface area contributed by atoms with Crippen LogP contribution < -0.4 is 10.1 Å². The summed E-state index contributed by atoms with van der Waals surface area (Å²) in [5.74, 6) is 3.21. The molecule has 176 valence electrons. The highest BCUT2D eigenvalue weighted by Crippen LogP contribution is 2.59. The van der Waals surface area contributed by atoms with Crippen molar-refractivity contribution in [3.8, 4) is 5.75 Å². The van der Waals surface area contributed by atoms with E-state index in [-0.39, 0.29) is 5.91 Å². The number of hydrogen-bond acceptors (Lipinski definition) is 4. The van der Waals surface area contributed by atoms with Gasteiger partial charge >= 0.3 is 0 Å². The number of nitrogens with zero attached hydrogens (tertiary/aromatic N) is 3. The standard InChI is InChI=1S/C27H36N4O2/c1-27(2)21-9-8-20(24(27)18-21)19-30-15-11-22(12-16-30)31-25(10-14-28-31)29-26(32)13-17-33-23-6-4-3-5-7-23/h3-8,10,14,21-22,24H,9,11-13,15-19H2,1-2H3,(H,29,32)/t21-,24-/m0/s1. The number of likely N-dealkylation sites (tertiary alicyclic amines) is 1. The van der Waals surface area contributed by atoms with Crippen molar-refractivity contribution >= 4 is 11.7 Å². The van der Waals surface area contributed by atoms with E-state index in [2.05, 4.69) is 35.2 Å². The molecule has 1 N–H and O–H groups in total. The first-order valence-corrected chi connectivity index (χ1v) is 12.4. The number of nitrogens with one attached hydrogen (secondary N) is 1. The molecule has 3 aliphatic carbocycles. The van der Waals surface area contributed by atoms with Gasteiger partial charge in [0.15, 0.2) is 0 Å². The number of amides is 1. The molecule has 4 aliphatic rings. The van der Waals surface area contributed by atoms with Gasteiger partial charge in [-0.05, 0) is 55.1 Å². The first-order valence-electron chi connectivity index (χ1n) is 12.4. The summed E-state index contributed by atoms with van der Waals surface area (Å²) in [6.07, 6.45) is 9.40. The van der Waals surface area contributed by atoms with Crippen LogP contribution in [0.15, 0.2) is 54.2 Å². The zero-order valence-electron chi connectivity index (χ0n) is 19.9. The average molecular weight is 449 g/mol. The van der Waals surface area contributed by atoms with Crippen molar-refractivity contribution in [1.29, 1.82) is 0 Å². The van der Waals surface area contributed by atoms with Crippen LogP contribution >= 0.6 is 0 Å². The molecule has 1 amide bonds. The minimum absolute atomic E-state index is 0.0456. The summed E-state index contributed by atoms with van der Waals surface area (Å²) < 4.78 is 7.65. The molecule has 0 radical (unpaired) electrons. The second-order valence-corrected chi connectivity index (χ2v) is 10.4. The molecule has 2 aromatic rings. The minimum atomic E-state index is -0.0456. The maximum absolute atomic E-state index is 12.4.